The van der Waals surface area contributed by atoms with Crippen LogP contribution in [0.2, 0.25) is 0 Å². The normalized spacial score (nSPS) is 9.91. The van der Waals surface area contributed by atoms with Gasteiger partial charge in [0.25, 0.3) is 0 Å². The monoisotopic (exact) mass is 326 g/mol. The topological polar surface area (TPSA) is 72.8 Å². The van der Waals surface area contributed by atoms with Crippen LogP contribution in [-0.4, -0.2) is 66.4 Å². The fourth-order valence-electron chi connectivity index (χ4n) is 2.00. The molecule has 0 aliphatic rings. The molecule has 0 aliphatic heterocycles. The fourth-order valence-corrected chi connectivity index (χ4v) is 2.00. The number of rotatable bonds is 14. The molecule has 0 saturated heterocycles. The Morgan fingerprint density at radius 1 is 0.773 bits per heavy atom. The van der Waals surface area contributed by atoms with Crippen LogP contribution >= 0.6 is 0 Å². The van der Waals surface area contributed by atoms with Crippen LogP contribution in [0.1, 0.15) is 71.1 Å². The van der Waals surface area contributed by atoms with E-state index in [0.717, 1.165) is 12.8 Å². The average Bonchev–Trinajstić information content (AvgIpc) is 2.50. The molecule has 0 aliphatic carbocycles. The average molecular weight is 326 g/mol. The molecule has 0 spiro atoms. The first-order valence-electron chi connectivity index (χ1n) is 8.12. The molecule has 0 radical (unpaired) electrons. The maximum atomic E-state index is 11.1. The van der Waals surface area contributed by atoms with Gasteiger partial charge in [-0.3, -0.25) is 0 Å². The van der Waals surface area contributed by atoms with Crippen LogP contribution in [0.25, 0.3) is 0 Å². The number of hydrogen-bond acceptors (Lipinski definition) is 5. The van der Waals surface area contributed by atoms with Gasteiger partial charge in [0.2, 0.25) is 0 Å². The summed E-state index contributed by atoms with van der Waals surface area (Å²) < 4.78 is 9.35. The van der Waals surface area contributed by atoms with Crippen molar-refractivity contribution < 1.29 is 24.2 Å². The Balaban J connectivity index is 0. The molecule has 0 aromatic carbocycles. The van der Waals surface area contributed by atoms with Crippen LogP contribution in [0.3, 0.4) is 0 Å². The third-order valence-corrected chi connectivity index (χ3v) is 3.24. The third-order valence-electron chi connectivity index (χ3n) is 3.24. The summed E-state index contributed by atoms with van der Waals surface area (Å²) in [6, 6.07) is 0. The van der Waals surface area contributed by atoms with Gasteiger partial charge >= 0.3 is 41.5 Å². The summed E-state index contributed by atoms with van der Waals surface area (Å²) in [4.78, 5) is 21.7. The van der Waals surface area contributed by atoms with Crippen LogP contribution in [0.5, 0.6) is 0 Å². The van der Waals surface area contributed by atoms with Crippen molar-refractivity contribution in [2.75, 3.05) is 19.8 Å². The number of hydrogen-bond donors (Lipinski definition) is 1. The number of carbonyl (C=O) groups excluding carboxylic acids is 2. The SMILES string of the molecule is CCCCCCCCCCCCOC(=O)COC(=O)CO.[NaH]. The molecule has 0 aromatic rings. The van der Waals surface area contributed by atoms with Crippen LogP contribution in [0.4, 0.5) is 0 Å². The Morgan fingerprint density at radius 2 is 1.27 bits per heavy atom. The number of carbonyl (C=O) groups is 2. The van der Waals surface area contributed by atoms with Crippen molar-refractivity contribution in [3.05, 3.63) is 0 Å². The van der Waals surface area contributed by atoms with Crippen molar-refractivity contribution in [3.8, 4) is 0 Å². The van der Waals surface area contributed by atoms with Gasteiger partial charge < -0.3 is 14.6 Å². The van der Waals surface area contributed by atoms with Crippen molar-refractivity contribution >= 4 is 41.5 Å². The van der Waals surface area contributed by atoms with E-state index in [4.69, 9.17) is 9.84 Å². The minimum atomic E-state index is -0.814. The summed E-state index contributed by atoms with van der Waals surface area (Å²) in [5.41, 5.74) is 0. The maximum absolute atomic E-state index is 11.1. The summed E-state index contributed by atoms with van der Waals surface area (Å²) in [6.45, 7) is 1.46. The molecule has 22 heavy (non-hydrogen) atoms. The molecule has 0 amide bonds. The molecular weight excluding hydrogens is 295 g/mol. The summed E-state index contributed by atoms with van der Waals surface area (Å²) >= 11 is 0. The predicted octanol–water partition coefficient (Wildman–Crippen LogP) is 2.34. The number of aliphatic hydroxyl groups excluding tert-OH is 1. The van der Waals surface area contributed by atoms with Crippen molar-refractivity contribution in [1.82, 2.24) is 0 Å². The van der Waals surface area contributed by atoms with Crippen molar-refractivity contribution in [2.45, 2.75) is 71.1 Å². The van der Waals surface area contributed by atoms with Gasteiger partial charge in [-0.25, -0.2) is 9.59 Å². The van der Waals surface area contributed by atoms with Gasteiger partial charge in [-0.1, -0.05) is 64.7 Å². The quantitative estimate of drug-likeness (QED) is 0.301. The second kappa shape index (κ2) is 18.9. The zero-order valence-electron chi connectivity index (χ0n) is 13.3. The van der Waals surface area contributed by atoms with Crippen LogP contribution < -0.4 is 0 Å². The molecule has 1 N–H and O–H groups in total. The van der Waals surface area contributed by atoms with Gasteiger partial charge in [0, 0.05) is 0 Å². The Hall–Kier alpha value is -0.100. The Morgan fingerprint density at radius 3 is 1.77 bits per heavy atom. The molecule has 0 unspecified atom stereocenters. The molecule has 0 bridgehead atoms. The minimum absolute atomic E-state index is 0. The van der Waals surface area contributed by atoms with Crippen molar-refractivity contribution in [2.24, 2.45) is 0 Å². The van der Waals surface area contributed by atoms with Gasteiger partial charge in [-0.15, -0.1) is 0 Å². The number of aliphatic hydroxyl groups is 1. The summed E-state index contributed by atoms with van der Waals surface area (Å²) in [5, 5.41) is 8.40. The van der Waals surface area contributed by atoms with Crippen LogP contribution in [0, 0.1) is 0 Å². The van der Waals surface area contributed by atoms with Gasteiger partial charge in [0.15, 0.2) is 6.61 Å². The van der Waals surface area contributed by atoms with E-state index in [-0.39, 0.29) is 29.6 Å². The van der Waals surface area contributed by atoms with Gasteiger partial charge in [-0.05, 0) is 6.42 Å². The van der Waals surface area contributed by atoms with E-state index < -0.39 is 25.2 Å². The molecule has 0 rings (SSSR count). The summed E-state index contributed by atoms with van der Waals surface area (Å²) in [5.74, 6) is -1.38. The summed E-state index contributed by atoms with van der Waals surface area (Å²) in [7, 11) is 0. The van der Waals surface area contributed by atoms with Gasteiger partial charge in [0.05, 0.1) is 6.61 Å². The molecule has 0 atom stereocenters. The Kier molecular flexibility index (Phi) is 20.8. The Labute approximate surface area is 156 Å². The van der Waals surface area contributed by atoms with Crippen LogP contribution in [0.15, 0.2) is 0 Å². The Bertz CT molecular complexity index is 271. The number of esters is 2. The number of unbranched alkanes of at least 4 members (excludes halogenated alkanes) is 9. The van der Waals surface area contributed by atoms with E-state index in [1.54, 1.807) is 0 Å². The fraction of sp³-hybridized carbons (Fsp3) is 0.875. The first kappa shape index (κ1) is 24.2. The molecule has 0 heterocycles. The first-order valence-corrected chi connectivity index (χ1v) is 8.12. The number of ether oxygens (including phenoxy) is 2. The van der Waals surface area contributed by atoms with E-state index in [2.05, 4.69) is 11.7 Å². The van der Waals surface area contributed by atoms with E-state index in [1.807, 2.05) is 0 Å². The predicted molar refractivity (Wildman–Crippen MR) is 88.0 cm³/mol. The second-order valence-corrected chi connectivity index (χ2v) is 5.22. The molecule has 0 saturated carbocycles. The van der Waals surface area contributed by atoms with Gasteiger partial charge in [-0.2, -0.15) is 0 Å². The van der Waals surface area contributed by atoms with Crippen LogP contribution in [-0.2, 0) is 19.1 Å². The third kappa shape index (κ3) is 18.0. The van der Waals surface area contributed by atoms with Crippen molar-refractivity contribution in [3.63, 3.8) is 0 Å². The zero-order chi connectivity index (χ0) is 15.8. The van der Waals surface area contributed by atoms with E-state index >= 15 is 0 Å². The van der Waals surface area contributed by atoms with Gasteiger partial charge in [0.1, 0.15) is 6.61 Å². The molecule has 0 aromatic heterocycles. The molecule has 126 valence electrons. The zero-order valence-corrected chi connectivity index (χ0v) is 13.3. The molecule has 5 nitrogen and oxygen atoms in total. The van der Waals surface area contributed by atoms with E-state index in [9.17, 15) is 9.59 Å². The van der Waals surface area contributed by atoms with E-state index in [0.29, 0.717) is 6.61 Å². The van der Waals surface area contributed by atoms with Crippen molar-refractivity contribution in [1.29, 1.82) is 0 Å². The second-order valence-electron chi connectivity index (χ2n) is 5.22. The summed E-state index contributed by atoms with van der Waals surface area (Å²) in [6.07, 6.45) is 12.3. The van der Waals surface area contributed by atoms with E-state index in [1.165, 1.54) is 51.4 Å². The molecule has 0 fully saturated rings. The first-order chi connectivity index (χ1) is 10.2. The molecule has 6 heteroatoms. The standard InChI is InChI=1S/C16H30O5.Na.H/c1-2-3-4-5-6-7-8-9-10-11-12-20-16(19)14-21-15(18)13-17;;/h17H,2-14H2,1H3;;. The molecular formula is C16H31NaO5.